The molecule has 1 saturated heterocycles. The van der Waals surface area contributed by atoms with Gasteiger partial charge in [0.05, 0.1) is 0 Å². The highest BCUT2D eigenvalue weighted by molar-refractivity contribution is 7.08. The van der Waals surface area contributed by atoms with Crippen LogP contribution in [0.1, 0.15) is 12.0 Å². The minimum Gasteiger partial charge on any atom is -0.354 e. The van der Waals surface area contributed by atoms with E-state index in [1.54, 1.807) is 11.3 Å². The molecular formula is C21H22N6S. The Hall–Kier alpha value is -2.77. The predicted molar refractivity (Wildman–Crippen MR) is 113 cm³/mol. The number of anilines is 1. The zero-order chi connectivity index (χ0) is 18.9. The van der Waals surface area contributed by atoms with Crippen LogP contribution in [0, 0.1) is 0 Å². The van der Waals surface area contributed by atoms with Gasteiger partial charge in [0, 0.05) is 43.7 Å². The molecule has 4 heterocycles. The number of nitrogens with zero attached hydrogens (tertiary/aromatic N) is 6. The fraction of sp³-hybridized carbons (Fsp3) is 0.286. The summed E-state index contributed by atoms with van der Waals surface area (Å²) in [5.74, 6) is 1.75. The van der Waals surface area contributed by atoms with Gasteiger partial charge in [0.25, 0.3) is 0 Å². The summed E-state index contributed by atoms with van der Waals surface area (Å²) >= 11 is 1.65. The lowest BCUT2D eigenvalue weighted by Gasteiger charge is -2.26. The van der Waals surface area contributed by atoms with Crippen molar-refractivity contribution in [2.75, 3.05) is 25.0 Å². The molecule has 1 aromatic carbocycles. The van der Waals surface area contributed by atoms with Crippen molar-refractivity contribution in [3.05, 3.63) is 64.9 Å². The Balaban J connectivity index is 1.34. The lowest BCUT2D eigenvalue weighted by atomic mass is 10.2. The third kappa shape index (κ3) is 3.27. The lowest BCUT2D eigenvalue weighted by molar-refractivity contribution is 0.326. The molecule has 3 aromatic heterocycles. The molecule has 1 aliphatic rings. The van der Waals surface area contributed by atoms with Crippen LogP contribution in [0.25, 0.3) is 17.0 Å². The highest BCUT2D eigenvalue weighted by atomic mass is 32.1. The molecule has 0 spiro atoms. The summed E-state index contributed by atoms with van der Waals surface area (Å²) in [7, 11) is 2.14. The Kier molecular flexibility index (Phi) is 4.54. The van der Waals surface area contributed by atoms with Gasteiger partial charge in [0.15, 0.2) is 11.5 Å². The number of likely N-dealkylation sites (N-methyl/N-ethyl adjacent to an activating group) is 1. The van der Waals surface area contributed by atoms with Crippen LogP contribution in [-0.4, -0.2) is 50.9 Å². The number of aromatic nitrogens is 4. The molecule has 28 heavy (non-hydrogen) atoms. The van der Waals surface area contributed by atoms with E-state index in [0.29, 0.717) is 6.04 Å². The zero-order valence-electron chi connectivity index (χ0n) is 15.8. The van der Waals surface area contributed by atoms with Crippen molar-refractivity contribution in [3.8, 4) is 11.4 Å². The highest BCUT2D eigenvalue weighted by Gasteiger charge is 2.27. The maximum absolute atomic E-state index is 4.85. The summed E-state index contributed by atoms with van der Waals surface area (Å²) < 4.78 is 1.85. The maximum Gasteiger partial charge on any atom is 0.186 e. The normalized spacial score (nSPS) is 17.4. The molecule has 7 heteroatoms. The highest BCUT2D eigenvalue weighted by Crippen LogP contribution is 2.24. The predicted octanol–water partition coefficient (Wildman–Crippen LogP) is 3.56. The van der Waals surface area contributed by atoms with Crippen molar-refractivity contribution >= 4 is 22.8 Å². The molecule has 1 atom stereocenters. The molecule has 0 N–H and O–H groups in total. The van der Waals surface area contributed by atoms with Gasteiger partial charge in [-0.05, 0) is 35.6 Å². The number of likely N-dealkylation sites (tertiary alicyclic amines) is 1. The zero-order valence-corrected chi connectivity index (χ0v) is 16.6. The Labute approximate surface area is 168 Å². The van der Waals surface area contributed by atoms with E-state index in [1.807, 2.05) is 22.0 Å². The van der Waals surface area contributed by atoms with Gasteiger partial charge in [-0.15, -0.1) is 15.3 Å². The van der Waals surface area contributed by atoms with Gasteiger partial charge in [-0.2, -0.15) is 15.9 Å². The molecule has 0 aliphatic carbocycles. The van der Waals surface area contributed by atoms with Crippen molar-refractivity contribution in [1.29, 1.82) is 0 Å². The second kappa shape index (κ2) is 7.33. The van der Waals surface area contributed by atoms with E-state index in [-0.39, 0.29) is 0 Å². The summed E-state index contributed by atoms with van der Waals surface area (Å²) in [6.45, 7) is 3.16. The van der Waals surface area contributed by atoms with Crippen LogP contribution >= 0.6 is 11.3 Å². The third-order valence-electron chi connectivity index (χ3n) is 5.43. The van der Waals surface area contributed by atoms with E-state index >= 15 is 0 Å². The first-order valence-corrected chi connectivity index (χ1v) is 10.5. The average Bonchev–Trinajstić information content (AvgIpc) is 3.48. The molecular weight excluding hydrogens is 368 g/mol. The number of thiophene rings is 1. The SMILES string of the molecule is CN(c1ccc2nnc(-c3ccsc3)n2n1)C1CCN(Cc2ccccc2)C1. The Morgan fingerprint density at radius 2 is 2.00 bits per heavy atom. The fourth-order valence-corrected chi connectivity index (χ4v) is 4.47. The van der Waals surface area contributed by atoms with Gasteiger partial charge in [-0.25, -0.2) is 0 Å². The molecule has 0 bridgehead atoms. The molecule has 142 valence electrons. The third-order valence-corrected chi connectivity index (χ3v) is 6.12. The van der Waals surface area contributed by atoms with E-state index in [0.717, 1.165) is 48.9 Å². The first kappa shape index (κ1) is 17.3. The number of benzene rings is 1. The van der Waals surface area contributed by atoms with E-state index in [1.165, 1.54) is 5.56 Å². The number of fused-ring (bicyclic) bond motifs is 1. The van der Waals surface area contributed by atoms with Crippen molar-refractivity contribution < 1.29 is 0 Å². The second-order valence-electron chi connectivity index (χ2n) is 7.27. The van der Waals surface area contributed by atoms with Gasteiger partial charge in [0.2, 0.25) is 0 Å². The van der Waals surface area contributed by atoms with Gasteiger partial charge in [-0.3, -0.25) is 4.90 Å². The Morgan fingerprint density at radius 1 is 1.11 bits per heavy atom. The molecule has 0 amide bonds. The number of hydrogen-bond acceptors (Lipinski definition) is 6. The summed E-state index contributed by atoms with van der Waals surface area (Å²) in [6.07, 6.45) is 1.14. The van der Waals surface area contributed by atoms with Crippen molar-refractivity contribution in [2.45, 2.75) is 19.0 Å². The van der Waals surface area contributed by atoms with Gasteiger partial charge in [0.1, 0.15) is 5.82 Å². The van der Waals surface area contributed by atoms with Crippen molar-refractivity contribution in [1.82, 2.24) is 24.7 Å². The van der Waals surface area contributed by atoms with Crippen LogP contribution in [0.5, 0.6) is 0 Å². The minimum absolute atomic E-state index is 0.453. The van der Waals surface area contributed by atoms with Crippen LogP contribution < -0.4 is 4.90 Å². The summed E-state index contributed by atoms with van der Waals surface area (Å²) in [5, 5.41) is 17.6. The molecule has 0 saturated carbocycles. The quantitative estimate of drug-likeness (QED) is 0.521. The van der Waals surface area contributed by atoms with Gasteiger partial charge >= 0.3 is 0 Å². The Bertz CT molecular complexity index is 1060. The Morgan fingerprint density at radius 3 is 2.82 bits per heavy atom. The van der Waals surface area contributed by atoms with Crippen LogP contribution in [-0.2, 0) is 6.54 Å². The van der Waals surface area contributed by atoms with Crippen LogP contribution in [0.15, 0.2) is 59.3 Å². The average molecular weight is 391 g/mol. The van der Waals surface area contributed by atoms with E-state index in [4.69, 9.17) is 5.10 Å². The smallest absolute Gasteiger partial charge is 0.186 e. The molecule has 1 aliphatic heterocycles. The first-order valence-electron chi connectivity index (χ1n) is 9.52. The molecule has 6 nitrogen and oxygen atoms in total. The van der Waals surface area contributed by atoms with Crippen LogP contribution in [0.4, 0.5) is 5.82 Å². The number of rotatable bonds is 5. The van der Waals surface area contributed by atoms with E-state index in [2.05, 4.69) is 68.8 Å². The lowest BCUT2D eigenvalue weighted by Crippen LogP contribution is -2.35. The van der Waals surface area contributed by atoms with E-state index < -0.39 is 0 Å². The summed E-state index contributed by atoms with van der Waals surface area (Å²) in [6, 6.07) is 17.2. The van der Waals surface area contributed by atoms with Gasteiger partial charge in [-0.1, -0.05) is 30.3 Å². The number of hydrogen-bond donors (Lipinski definition) is 0. The van der Waals surface area contributed by atoms with E-state index in [9.17, 15) is 0 Å². The van der Waals surface area contributed by atoms with Crippen molar-refractivity contribution in [3.63, 3.8) is 0 Å². The monoisotopic (exact) mass is 390 g/mol. The van der Waals surface area contributed by atoms with Crippen LogP contribution in [0.3, 0.4) is 0 Å². The molecule has 1 unspecified atom stereocenters. The fourth-order valence-electron chi connectivity index (χ4n) is 3.84. The van der Waals surface area contributed by atoms with Crippen LogP contribution in [0.2, 0.25) is 0 Å². The standard InChI is InChI=1S/C21H22N6S/c1-25(18-9-11-26(14-18)13-16-5-3-2-4-6-16)20-8-7-19-22-23-21(27(19)24-20)17-10-12-28-15-17/h2-8,10,12,15,18H,9,11,13-14H2,1H3. The molecule has 5 rings (SSSR count). The largest absolute Gasteiger partial charge is 0.354 e. The topological polar surface area (TPSA) is 49.6 Å². The second-order valence-corrected chi connectivity index (χ2v) is 8.05. The first-order chi connectivity index (χ1) is 13.8. The molecule has 1 fully saturated rings. The molecule has 4 aromatic rings. The summed E-state index contributed by atoms with van der Waals surface area (Å²) in [5.41, 5.74) is 3.20. The van der Waals surface area contributed by atoms with Crippen molar-refractivity contribution in [2.24, 2.45) is 0 Å². The minimum atomic E-state index is 0.453. The summed E-state index contributed by atoms with van der Waals surface area (Å²) in [4.78, 5) is 4.81. The maximum atomic E-state index is 4.85. The molecule has 0 radical (unpaired) electrons. The van der Waals surface area contributed by atoms with Gasteiger partial charge < -0.3 is 4.90 Å².